The van der Waals surface area contributed by atoms with Gasteiger partial charge in [0.15, 0.2) is 0 Å². The maximum absolute atomic E-state index is 12.4. The van der Waals surface area contributed by atoms with Gasteiger partial charge in [-0.1, -0.05) is 24.3 Å². The highest BCUT2D eigenvalue weighted by Crippen LogP contribution is 2.35. The number of carbonyl (C=O) groups excluding carboxylic acids is 1. The Kier molecular flexibility index (Phi) is 6.28. The molecular formula is C21H30N2O5. The fraction of sp³-hybridized carbons (Fsp3) is 0.667. The molecule has 0 aliphatic carbocycles. The zero-order valence-corrected chi connectivity index (χ0v) is 16.4. The molecule has 2 N–H and O–H groups in total. The lowest BCUT2D eigenvalue weighted by Gasteiger charge is -2.28. The third-order valence-corrected chi connectivity index (χ3v) is 5.97. The van der Waals surface area contributed by atoms with Crippen LogP contribution in [0.3, 0.4) is 0 Å². The monoisotopic (exact) mass is 390 g/mol. The highest BCUT2D eigenvalue weighted by molar-refractivity contribution is 5.76. The van der Waals surface area contributed by atoms with E-state index in [9.17, 15) is 9.90 Å². The van der Waals surface area contributed by atoms with Crippen molar-refractivity contribution in [1.29, 1.82) is 0 Å². The predicted molar refractivity (Wildman–Crippen MR) is 103 cm³/mol. The van der Waals surface area contributed by atoms with Crippen molar-refractivity contribution in [2.24, 2.45) is 0 Å². The van der Waals surface area contributed by atoms with Gasteiger partial charge in [0.1, 0.15) is 12.2 Å². The van der Waals surface area contributed by atoms with Crippen molar-refractivity contribution in [3.8, 4) is 0 Å². The minimum Gasteiger partial charge on any atom is -0.388 e. The van der Waals surface area contributed by atoms with Crippen LogP contribution in [0.5, 0.6) is 0 Å². The maximum Gasteiger partial charge on any atom is 0.225 e. The van der Waals surface area contributed by atoms with Crippen molar-refractivity contribution in [3.63, 3.8) is 0 Å². The molecule has 0 saturated carbocycles. The second-order valence-corrected chi connectivity index (χ2v) is 7.92. The number of amides is 1. The van der Waals surface area contributed by atoms with Crippen molar-refractivity contribution in [3.05, 3.63) is 35.4 Å². The predicted octanol–water partition coefficient (Wildman–Crippen LogP) is 0.619. The van der Waals surface area contributed by atoms with Crippen LogP contribution in [-0.4, -0.2) is 79.3 Å². The number of fused-ring (bicyclic) bond motifs is 1. The topological polar surface area (TPSA) is 80.3 Å². The van der Waals surface area contributed by atoms with Crippen molar-refractivity contribution in [2.45, 2.75) is 56.8 Å². The molecule has 4 rings (SSSR count). The van der Waals surface area contributed by atoms with E-state index in [1.54, 1.807) is 0 Å². The van der Waals surface area contributed by atoms with Crippen molar-refractivity contribution in [2.75, 3.05) is 32.8 Å². The Bertz CT molecular complexity index is 679. The van der Waals surface area contributed by atoms with E-state index < -0.39 is 6.10 Å². The quantitative estimate of drug-likeness (QED) is 0.741. The number of ether oxygens (including phenoxy) is 3. The first-order valence-electron chi connectivity index (χ1n) is 10.2. The number of carbonyl (C=O) groups is 1. The van der Waals surface area contributed by atoms with E-state index in [0.717, 1.165) is 6.54 Å². The van der Waals surface area contributed by atoms with Gasteiger partial charge in [-0.25, -0.2) is 0 Å². The summed E-state index contributed by atoms with van der Waals surface area (Å²) >= 11 is 0. The Morgan fingerprint density at radius 2 is 2.04 bits per heavy atom. The third-order valence-electron chi connectivity index (χ3n) is 5.97. The number of aliphatic hydroxyl groups excluding tert-OH is 1. The van der Waals surface area contributed by atoms with Crippen LogP contribution in [0.4, 0.5) is 0 Å². The second kappa shape index (κ2) is 8.88. The van der Waals surface area contributed by atoms with Gasteiger partial charge in [-0.15, -0.1) is 0 Å². The zero-order chi connectivity index (χ0) is 19.5. The minimum atomic E-state index is -0.669. The van der Waals surface area contributed by atoms with E-state index in [1.165, 1.54) is 11.1 Å². The largest absolute Gasteiger partial charge is 0.388 e. The highest BCUT2D eigenvalue weighted by atomic mass is 16.6. The molecule has 3 fully saturated rings. The number of nitrogens with one attached hydrogen (secondary N) is 1. The van der Waals surface area contributed by atoms with Crippen molar-refractivity contribution >= 4 is 5.91 Å². The van der Waals surface area contributed by atoms with E-state index in [4.69, 9.17) is 14.2 Å². The lowest BCUT2D eigenvalue weighted by Crippen LogP contribution is -2.42. The molecule has 3 aliphatic heterocycles. The van der Waals surface area contributed by atoms with E-state index in [2.05, 4.69) is 24.4 Å². The first-order chi connectivity index (χ1) is 13.6. The van der Waals surface area contributed by atoms with Crippen LogP contribution in [0.15, 0.2) is 24.3 Å². The summed E-state index contributed by atoms with van der Waals surface area (Å²) in [6.07, 6.45) is -0.602. The first-order valence-corrected chi connectivity index (χ1v) is 10.2. The molecule has 0 aromatic heterocycles. The van der Waals surface area contributed by atoms with E-state index >= 15 is 0 Å². The summed E-state index contributed by atoms with van der Waals surface area (Å²) in [5, 5.41) is 14.0. The molecule has 154 valence electrons. The van der Waals surface area contributed by atoms with Gasteiger partial charge in [-0.05, 0) is 18.1 Å². The Morgan fingerprint density at radius 1 is 1.25 bits per heavy atom. The lowest BCUT2D eigenvalue weighted by atomic mass is 10.1. The Hall–Kier alpha value is -1.51. The molecule has 3 aliphatic rings. The average molecular weight is 390 g/mol. The molecule has 7 heteroatoms. The Balaban J connectivity index is 1.22. The van der Waals surface area contributed by atoms with Crippen molar-refractivity contribution in [1.82, 2.24) is 10.2 Å². The molecule has 5 unspecified atom stereocenters. The van der Waals surface area contributed by atoms with Gasteiger partial charge < -0.3 is 29.5 Å². The second-order valence-electron chi connectivity index (χ2n) is 7.92. The minimum absolute atomic E-state index is 0.0965. The summed E-state index contributed by atoms with van der Waals surface area (Å²) in [5.74, 6) is 0.0965. The van der Waals surface area contributed by atoms with Gasteiger partial charge in [0.2, 0.25) is 5.91 Å². The Labute approximate surface area is 165 Å². The van der Waals surface area contributed by atoms with Gasteiger partial charge in [0.25, 0.3) is 0 Å². The molecule has 28 heavy (non-hydrogen) atoms. The number of hydrogen-bond acceptors (Lipinski definition) is 6. The lowest BCUT2D eigenvalue weighted by molar-refractivity contribution is -0.138. The Morgan fingerprint density at radius 3 is 2.79 bits per heavy atom. The van der Waals surface area contributed by atoms with Crippen LogP contribution in [0, 0.1) is 6.92 Å². The molecule has 1 aromatic rings. The van der Waals surface area contributed by atoms with Crippen LogP contribution in [0.25, 0.3) is 0 Å². The van der Waals surface area contributed by atoms with Gasteiger partial charge in [0, 0.05) is 32.6 Å². The molecule has 1 aromatic carbocycles. The van der Waals surface area contributed by atoms with Crippen LogP contribution < -0.4 is 5.32 Å². The molecule has 7 nitrogen and oxygen atoms in total. The number of nitrogens with zero attached hydrogens (tertiary/aromatic N) is 1. The van der Waals surface area contributed by atoms with Gasteiger partial charge in [-0.3, -0.25) is 4.79 Å². The summed E-state index contributed by atoms with van der Waals surface area (Å²) in [7, 11) is 0. The molecule has 3 heterocycles. The molecule has 3 saturated heterocycles. The number of aliphatic hydroxyl groups is 1. The number of benzene rings is 1. The highest BCUT2D eigenvalue weighted by Gasteiger charge is 2.50. The fourth-order valence-corrected chi connectivity index (χ4v) is 4.30. The number of rotatable bonds is 6. The number of morpholine rings is 1. The average Bonchev–Trinajstić information content (AvgIpc) is 3.22. The van der Waals surface area contributed by atoms with Gasteiger partial charge >= 0.3 is 0 Å². The van der Waals surface area contributed by atoms with E-state index in [0.29, 0.717) is 45.7 Å². The molecule has 0 bridgehead atoms. The third kappa shape index (κ3) is 4.39. The van der Waals surface area contributed by atoms with Crippen LogP contribution >= 0.6 is 0 Å². The standard InChI is InChI=1S/C21H30N2O5/c1-14-4-2-3-5-15(14)12-22-13-18-20(25)21-17(28-18)10-16(27-21)11-19(24)23-6-8-26-9-7-23/h2-5,16-18,20-22,25H,6-13H2,1H3. The number of aryl methyl sites for hydroxylation is 1. The van der Waals surface area contributed by atoms with E-state index in [-0.39, 0.29) is 30.3 Å². The van der Waals surface area contributed by atoms with Crippen LogP contribution in [0.1, 0.15) is 24.0 Å². The summed E-state index contributed by atoms with van der Waals surface area (Å²) in [4.78, 5) is 14.2. The van der Waals surface area contributed by atoms with Gasteiger partial charge in [-0.2, -0.15) is 0 Å². The normalized spacial score (nSPS) is 32.5. The summed E-state index contributed by atoms with van der Waals surface area (Å²) in [6.45, 7) is 5.89. The zero-order valence-electron chi connectivity index (χ0n) is 16.4. The number of hydrogen-bond donors (Lipinski definition) is 2. The molecule has 5 atom stereocenters. The van der Waals surface area contributed by atoms with Crippen LogP contribution in [-0.2, 0) is 25.5 Å². The van der Waals surface area contributed by atoms with Crippen LogP contribution in [0.2, 0.25) is 0 Å². The summed E-state index contributed by atoms with van der Waals surface area (Å²) in [6, 6.07) is 8.25. The molecular weight excluding hydrogens is 360 g/mol. The molecule has 1 amide bonds. The first kappa shape index (κ1) is 19.8. The van der Waals surface area contributed by atoms with Gasteiger partial charge in [0.05, 0.1) is 37.9 Å². The SMILES string of the molecule is Cc1ccccc1CNCC1OC2CC(CC(=O)N3CCOCC3)OC2C1O. The summed E-state index contributed by atoms with van der Waals surface area (Å²) < 4.78 is 17.3. The summed E-state index contributed by atoms with van der Waals surface area (Å²) in [5.41, 5.74) is 2.49. The van der Waals surface area contributed by atoms with Crippen molar-refractivity contribution < 1.29 is 24.1 Å². The van der Waals surface area contributed by atoms with E-state index in [1.807, 2.05) is 17.0 Å². The fourth-order valence-electron chi connectivity index (χ4n) is 4.30. The molecule has 0 radical (unpaired) electrons. The molecule has 0 spiro atoms. The smallest absolute Gasteiger partial charge is 0.225 e. The maximum atomic E-state index is 12.4.